The summed E-state index contributed by atoms with van der Waals surface area (Å²) in [7, 11) is 0. The first-order chi connectivity index (χ1) is 8.86. The first-order valence-corrected chi connectivity index (χ1v) is 5.14. The van der Waals surface area contributed by atoms with E-state index in [1.54, 1.807) is 0 Å². The van der Waals surface area contributed by atoms with E-state index in [1.807, 2.05) is 0 Å². The van der Waals surface area contributed by atoms with E-state index in [0.29, 0.717) is 0 Å². The first-order valence-electron chi connectivity index (χ1n) is 5.14. The molecule has 19 heavy (non-hydrogen) atoms. The Labute approximate surface area is 106 Å². The van der Waals surface area contributed by atoms with Gasteiger partial charge in [0.15, 0.2) is 0 Å². The van der Waals surface area contributed by atoms with Gasteiger partial charge in [-0.1, -0.05) is 6.92 Å². The fourth-order valence-corrected chi connectivity index (χ4v) is 1.39. The van der Waals surface area contributed by atoms with Gasteiger partial charge in [-0.2, -0.15) is 0 Å². The molecule has 0 N–H and O–H groups in total. The Hall–Kier alpha value is -2.84. The number of nitro benzene ring substituents is 2. The third-order valence-corrected chi connectivity index (χ3v) is 2.34. The van der Waals surface area contributed by atoms with E-state index in [2.05, 4.69) is 0 Å². The smallest absolute Gasteiger partial charge is 0.259 e. The quantitative estimate of drug-likeness (QED) is 0.595. The number of nitro groups is 3. The molecule has 0 atom stereocenters. The fourth-order valence-electron chi connectivity index (χ4n) is 1.39. The lowest BCUT2D eigenvalue weighted by atomic mass is 10.1. The van der Waals surface area contributed by atoms with Crippen LogP contribution < -0.4 is 0 Å². The zero-order valence-corrected chi connectivity index (χ0v) is 9.81. The molecule has 0 aliphatic rings. The van der Waals surface area contributed by atoms with Gasteiger partial charge < -0.3 is 0 Å². The maximum atomic E-state index is 10.8. The standard InChI is InChI=1S/C10H9N3O6/c1-2-8(11(14)15)5-7-3-4-9(12(16)17)6-10(7)13(18)19/h3-6H,2H2,1H3/b8-5+. The summed E-state index contributed by atoms with van der Waals surface area (Å²) in [6.07, 6.45) is 1.13. The van der Waals surface area contributed by atoms with Crippen LogP contribution in [0.2, 0.25) is 0 Å². The Kier molecular flexibility index (Phi) is 4.24. The van der Waals surface area contributed by atoms with E-state index < -0.39 is 26.1 Å². The third-order valence-electron chi connectivity index (χ3n) is 2.34. The van der Waals surface area contributed by atoms with Crippen molar-refractivity contribution in [1.82, 2.24) is 0 Å². The molecular formula is C10H9N3O6. The Bertz CT molecular complexity index is 581. The van der Waals surface area contributed by atoms with Gasteiger partial charge in [0.25, 0.3) is 11.4 Å². The van der Waals surface area contributed by atoms with Crippen LogP contribution in [0.15, 0.2) is 23.9 Å². The molecule has 0 aromatic heterocycles. The monoisotopic (exact) mass is 267 g/mol. The van der Waals surface area contributed by atoms with E-state index in [0.717, 1.165) is 24.3 Å². The topological polar surface area (TPSA) is 129 Å². The van der Waals surface area contributed by atoms with Gasteiger partial charge in [0, 0.05) is 18.6 Å². The van der Waals surface area contributed by atoms with E-state index >= 15 is 0 Å². The average Bonchev–Trinajstić information content (AvgIpc) is 2.35. The predicted molar refractivity (Wildman–Crippen MR) is 65.0 cm³/mol. The molecule has 1 rings (SSSR count). The van der Waals surface area contributed by atoms with Gasteiger partial charge in [-0.3, -0.25) is 30.3 Å². The summed E-state index contributed by atoms with van der Waals surface area (Å²) in [5.74, 6) is 0. The molecule has 0 aliphatic carbocycles. The van der Waals surface area contributed by atoms with Gasteiger partial charge in [-0.25, -0.2) is 0 Å². The van der Waals surface area contributed by atoms with Crippen LogP contribution >= 0.6 is 0 Å². The summed E-state index contributed by atoms with van der Waals surface area (Å²) in [5.41, 5.74) is -1.23. The van der Waals surface area contributed by atoms with Crippen LogP contribution in [0.5, 0.6) is 0 Å². The van der Waals surface area contributed by atoms with Crippen molar-refractivity contribution in [2.75, 3.05) is 0 Å². The summed E-state index contributed by atoms with van der Waals surface area (Å²) in [5, 5.41) is 32.0. The van der Waals surface area contributed by atoms with Crippen LogP contribution in [-0.2, 0) is 0 Å². The normalized spacial score (nSPS) is 11.1. The van der Waals surface area contributed by atoms with Gasteiger partial charge >= 0.3 is 0 Å². The zero-order chi connectivity index (χ0) is 14.6. The predicted octanol–water partition coefficient (Wildman–Crippen LogP) is 2.53. The molecule has 0 fully saturated rings. The van der Waals surface area contributed by atoms with Crippen LogP contribution in [0.3, 0.4) is 0 Å². The number of hydrogen-bond acceptors (Lipinski definition) is 6. The first kappa shape index (κ1) is 14.2. The summed E-state index contributed by atoms with van der Waals surface area (Å²) in [4.78, 5) is 29.8. The molecule has 0 saturated carbocycles. The largest absolute Gasteiger partial charge is 0.283 e. The van der Waals surface area contributed by atoms with Gasteiger partial charge in [-0.15, -0.1) is 0 Å². The van der Waals surface area contributed by atoms with E-state index in [-0.39, 0.29) is 17.7 Å². The molecule has 1 aromatic carbocycles. The summed E-state index contributed by atoms with van der Waals surface area (Å²) < 4.78 is 0. The van der Waals surface area contributed by atoms with Crippen LogP contribution in [-0.4, -0.2) is 14.8 Å². The maximum absolute atomic E-state index is 10.8. The molecule has 100 valence electrons. The second kappa shape index (κ2) is 5.67. The van der Waals surface area contributed by atoms with Crippen LogP contribution in [0, 0.1) is 30.3 Å². The van der Waals surface area contributed by atoms with Crippen molar-refractivity contribution in [2.24, 2.45) is 0 Å². The summed E-state index contributed by atoms with van der Waals surface area (Å²) in [6.45, 7) is 1.53. The molecule has 0 aliphatic heterocycles. The van der Waals surface area contributed by atoms with Crippen molar-refractivity contribution in [1.29, 1.82) is 0 Å². The lowest BCUT2D eigenvalue weighted by Crippen LogP contribution is -1.99. The minimum atomic E-state index is -0.813. The number of nitrogens with zero attached hydrogens (tertiary/aromatic N) is 3. The lowest BCUT2D eigenvalue weighted by molar-refractivity contribution is -0.425. The van der Waals surface area contributed by atoms with Crippen molar-refractivity contribution < 1.29 is 14.8 Å². The highest BCUT2D eigenvalue weighted by Gasteiger charge is 2.20. The molecule has 1 aromatic rings. The third kappa shape index (κ3) is 3.31. The van der Waals surface area contributed by atoms with Gasteiger partial charge in [0.1, 0.15) is 0 Å². The van der Waals surface area contributed by atoms with Gasteiger partial charge in [0.05, 0.1) is 26.4 Å². The molecule has 9 heteroatoms. The fraction of sp³-hybridized carbons (Fsp3) is 0.200. The lowest BCUT2D eigenvalue weighted by Gasteiger charge is -1.99. The highest BCUT2D eigenvalue weighted by Crippen LogP contribution is 2.27. The molecule has 0 bridgehead atoms. The number of allylic oxidation sites excluding steroid dienone is 1. The van der Waals surface area contributed by atoms with Crippen molar-refractivity contribution in [2.45, 2.75) is 13.3 Å². The Morgan fingerprint density at radius 1 is 1.16 bits per heavy atom. The summed E-state index contributed by atoms with van der Waals surface area (Å²) in [6, 6.07) is 2.96. The zero-order valence-electron chi connectivity index (χ0n) is 9.81. The molecule has 0 spiro atoms. The Morgan fingerprint density at radius 3 is 2.21 bits per heavy atom. The highest BCUT2D eigenvalue weighted by atomic mass is 16.6. The highest BCUT2D eigenvalue weighted by molar-refractivity contribution is 5.64. The van der Waals surface area contributed by atoms with Crippen molar-refractivity contribution in [3.63, 3.8) is 0 Å². The number of hydrogen-bond donors (Lipinski definition) is 0. The van der Waals surface area contributed by atoms with Crippen molar-refractivity contribution in [3.05, 3.63) is 59.8 Å². The maximum Gasteiger partial charge on any atom is 0.283 e. The van der Waals surface area contributed by atoms with Crippen LogP contribution in [0.1, 0.15) is 18.9 Å². The molecule has 0 radical (unpaired) electrons. The number of rotatable bonds is 5. The number of benzene rings is 1. The Morgan fingerprint density at radius 2 is 1.79 bits per heavy atom. The van der Waals surface area contributed by atoms with E-state index in [9.17, 15) is 30.3 Å². The molecule has 0 amide bonds. The second-order valence-electron chi connectivity index (χ2n) is 3.50. The molecular weight excluding hydrogens is 258 g/mol. The Balaban J connectivity index is 3.39. The van der Waals surface area contributed by atoms with E-state index in [1.165, 1.54) is 6.92 Å². The SMILES string of the molecule is CC/C(=C\c1ccc([N+](=O)[O-])cc1[N+](=O)[O-])[N+](=O)[O-]. The van der Waals surface area contributed by atoms with Gasteiger partial charge in [0.2, 0.25) is 5.70 Å². The van der Waals surface area contributed by atoms with E-state index in [4.69, 9.17) is 0 Å². The van der Waals surface area contributed by atoms with Crippen LogP contribution in [0.25, 0.3) is 6.08 Å². The average molecular weight is 267 g/mol. The van der Waals surface area contributed by atoms with Crippen molar-refractivity contribution in [3.8, 4) is 0 Å². The molecule has 9 nitrogen and oxygen atoms in total. The van der Waals surface area contributed by atoms with Gasteiger partial charge in [-0.05, 0) is 6.07 Å². The minimum absolute atomic E-state index is 0.0378. The van der Waals surface area contributed by atoms with Crippen LogP contribution in [0.4, 0.5) is 11.4 Å². The summed E-state index contributed by atoms with van der Waals surface area (Å²) >= 11 is 0. The molecule has 0 heterocycles. The molecule has 0 unspecified atom stereocenters. The second-order valence-corrected chi connectivity index (χ2v) is 3.50. The van der Waals surface area contributed by atoms with Crippen molar-refractivity contribution >= 4 is 17.5 Å². The number of non-ortho nitro benzene ring substituents is 1. The minimum Gasteiger partial charge on any atom is -0.259 e. The molecule has 0 saturated heterocycles.